The molecule has 1 aliphatic rings. The number of carbonyl (C=O) groups excluding carboxylic acids is 1. The topological polar surface area (TPSA) is 101 Å². The Morgan fingerprint density at radius 2 is 1.68 bits per heavy atom. The van der Waals surface area contributed by atoms with Crippen LogP contribution in [0.1, 0.15) is 27.5 Å². The van der Waals surface area contributed by atoms with E-state index in [-0.39, 0.29) is 23.5 Å². The van der Waals surface area contributed by atoms with Gasteiger partial charge in [0, 0.05) is 5.92 Å². The van der Waals surface area contributed by atoms with Crippen molar-refractivity contribution < 1.29 is 19.4 Å². The Morgan fingerprint density at radius 1 is 1.07 bits per heavy atom. The highest BCUT2D eigenvalue weighted by atomic mass is 35.5. The minimum absolute atomic E-state index is 0.0426. The number of rotatable bonds is 4. The van der Waals surface area contributed by atoms with Gasteiger partial charge < -0.3 is 9.84 Å². The molecular formula is C20H14ClN3O4. The van der Waals surface area contributed by atoms with Crippen LogP contribution < -0.4 is 5.32 Å². The van der Waals surface area contributed by atoms with E-state index in [9.17, 15) is 9.59 Å². The van der Waals surface area contributed by atoms with Gasteiger partial charge in [0.2, 0.25) is 0 Å². The van der Waals surface area contributed by atoms with E-state index in [1.165, 1.54) is 0 Å². The van der Waals surface area contributed by atoms with Gasteiger partial charge in [-0.25, -0.2) is 19.6 Å². The number of fused-ring (bicyclic) bond motifs is 3. The number of aromatic nitrogens is 2. The van der Waals surface area contributed by atoms with E-state index in [0.717, 1.165) is 28.5 Å². The number of carboxylic acid groups (broad SMARTS) is 1. The average molecular weight is 396 g/mol. The van der Waals surface area contributed by atoms with Gasteiger partial charge >= 0.3 is 12.1 Å². The number of anilines is 1. The van der Waals surface area contributed by atoms with Crippen LogP contribution in [0, 0.1) is 0 Å². The first kappa shape index (κ1) is 17.9. The van der Waals surface area contributed by atoms with Crippen LogP contribution in [0.2, 0.25) is 5.15 Å². The highest BCUT2D eigenvalue weighted by Gasteiger charge is 2.29. The van der Waals surface area contributed by atoms with Gasteiger partial charge in [-0.2, -0.15) is 0 Å². The zero-order valence-corrected chi connectivity index (χ0v) is 15.2. The van der Waals surface area contributed by atoms with Crippen LogP contribution in [0.15, 0.2) is 54.7 Å². The monoisotopic (exact) mass is 395 g/mol. The molecule has 0 atom stereocenters. The second-order valence-corrected chi connectivity index (χ2v) is 6.53. The van der Waals surface area contributed by atoms with Gasteiger partial charge in [-0.1, -0.05) is 60.1 Å². The molecule has 2 aromatic carbocycles. The third-order valence-electron chi connectivity index (χ3n) is 4.51. The maximum atomic E-state index is 12.2. The Labute approximate surface area is 165 Å². The van der Waals surface area contributed by atoms with Crippen molar-refractivity contribution in [2.75, 3.05) is 11.9 Å². The van der Waals surface area contributed by atoms with Gasteiger partial charge in [-0.05, 0) is 22.3 Å². The number of halogens is 1. The molecule has 1 aromatic heterocycles. The molecule has 3 aromatic rings. The molecule has 1 aliphatic carbocycles. The summed E-state index contributed by atoms with van der Waals surface area (Å²) in [6, 6.07) is 15.9. The van der Waals surface area contributed by atoms with Crippen LogP contribution in [-0.2, 0) is 4.74 Å². The average Bonchev–Trinajstić information content (AvgIpc) is 3.00. The second-order valence-electron chi connectivity index (χ2n) is 6.15. The lowest BCUT2D eigenvalue weighted by Crippen LogP contribution is -2.20. The molecule has 0 radical (unpaired) electrons. The minimum atomic E-state index is -1.34. The van der Waals surface area contributed by atoms with E-state index in [2.05, 4.69) is 15.3 Å². The summed E-state index contributed by atoms with van der Waals surface area (Å²) < 4.78 is 5.36. The van der Waals surface area contributed by atoms with E-state index in [1.807, 2.05) is 48.5 Å². The Morgan fingerprint density at radius 3 is 2.29 bits per heavy atom. The van der Waals surface area contributed by atoms with Gasteiger partial charge in [-0.3, -0.25) is 5.32 Å². The number of hydrogen-bond acceptors (Lipinski definition) is 5. The number of aromatic carboxylic acids is 1. The maximum Gasteiger partial charge on any atom is 0.412 e. The predicted molar refractivity (Wildman–Crippen MR) is 103 cm³/mol. The van der Waals surface area contributed by atoms with Crippen molar-refractivity contribution in [3.63, 3.8) is 0 Å². The van der Waals surface area contributed by atoms with Crippen LogP contribution in [0.3, 0.4) is 0 Å². The summed E-state index contributed by atoms with van der Waals surface area (Å²) in [5.74, 6) is -1.71. The third-order valence-corrected chi connectivity index (χ3v) is 4.69. The zero-order chi connectivity index (χ0) is 19.7. The van der Waals surface area contributed by atoms with Crippen LogP contribution in [0.5, 0.6) is 0 Å². The van der Waals surface area contributed by atoms with Crippen LogP contribution >= 0.6 is 11.6 Å². The number of benzene rings is 2. The van der Waals surface area contributed by atoms with Crippen molar-refractivity contribution in [3.05, 3.63) is 76.7 Å². The zero-order valence-electron chi connectivity index (χ0n) is 14.4. The summed E-state index contributed by atoms with van der Waals surface area (Å²) in [4.78, 5) is 30.9. The van der Waals surface area contributed by atoms with Crippen molar-refractivity contribution in [1.82, 2.24) is 9.97 Å². The first-order valence-corrected chi connectivity index (χ1v) is 8.80. The number of amides is 1. The van der Waals surface area contributed by atoms with Crippen LogP contribution in [0.4, 0.5) is 10.6 Å². The molecule has 0 saturated heterocycles. The molecule has 0 unspecified atom stereocenters. The molecule has 0 aliphatic heterocycles. The summed E-state index contributed by atoms with van der Waals surface area (Å²) in [5, 5.41) is 11.4. The molecule has 8 heteroatoms. The highest BCUT2D eigenvalue weighted by Crippen LogP contribution is 2.44. The quantitative estimate of drug-likeness (QED) is 0.686. The Balaban J connectivity index is 1.52. The first-order chi connectivity index (χ1) is 13.5. The number of carboxylic acids is 1. The van der Waals surface area contributed by atoms with Gasteiger partial charge in [-0.15, -0.1) is 0 Å². The van der Waals surface area contributed by atoms with E-state index >= 15 is 0 Å². The molecule has 0 fully saturated rings. The summed E-state index contributed by atoms with van der Waals surface area (Å²) >= 11 is 5.74. The lowest BCUT2D eigenvalue weighted by molar-refractivity contribution is 0.0691. The van der Waals surface area contributed by atoms with E-state index in [1.54, 1.807) is 0 Å². The fourth-order valence-corrected chi connectivity index (χ4v) is 3.48. The smallest absolute Gasteiger partial charge is 0.412 e. The third kappa shape index (κ3) is 3.27. The van der Waals surface area contributed by atoms with Crippen molar-refractivity contribution in [3.8, 4) is 11.1 Å². The standard InChI is InChI=1S/C20H14ClN3O4/c21-16-9-22-17(19(25)26)18(23-16)24-20(27)28-10-15-13-7-3-1-5-11(13)12-6-2-4-8-14(12)15/h1-9,15H,10H2,(H,25,26)(H,23,24,27). The molecule has 7 nitrogen and oxygen atoms in total. The van der Waals surface area contributed by atoms with Crippen molar-refractivity contribution in [2.24, 2.45) is 0 Å². The normalized spacial score (nSPS) is 12.2. The first-order valence-electron chi connectivity index (χ1n) is 8.42. The van der Waals surface area contributed by atoms with E-state index in [4.69, 9.17) is 21.4 Å². The lowest BCUT2D eigenvalue weighted by Gasteiger charge is -2.14. The molecule has 1 amide bonds. The molecule has 0 bridgehead atoms. The lowest BCUT2D eigenvalue weighted by atomic mass is 9.98. The summed E-state index contributed by atoms with van der Waals surface area (Å²) in [6.45, 7) is 0.0935. The fraction of sp³-hybridized carbons (Fsp3) is 0.100. The number of nitrogens with one attached hydrogen (secondary N) is 1. The van der Waals surface area contributed by atoms with E-state index < -0.39 is 17.8 Å². The van der Waals surface area contributed by atoms with Gasteiger partial charge in [0.25, 0.3) is 0 Å². The second kappa shape index (κ2) is 7.28. The van der Waals surface area contributed by atoms with Gasteiger partial charge in [0.15, 0.2) is 11.5 Å². The molecule has 28 heavy (non-hydrogen) atoms. The Hall–Kier alpha value is -3.45. The predicted octanol–water partition coefficient (Wildman–Crippen LogP) is 4.19. The Kier molecular flexibility index (Phi) is 4.67. The number of nitrogens with zero attached hydrogens (tertiary/aromatic N) is 2. The SMILES string of the molecule is O=C(Nc1nc(Cl)cnc1C(=O)O)OCC1c2ccccc2-c2ccccc21. The van der Waals surface area contributed by atoms with Gasteiger partial charge in [0.1, 0.15) is 11.8 Å². The fourth-order valence-electron chi connectivity index (χ4n) is 3.34. The van der Waals surface area contributed by atoms with Crippen molar-refractivity contribution in [1.29, 1.82) is 0 Å². The molecule has 1 heterocycles. The minimum Gasteiger partial charge on any atom is -0.476 e. The number of ether oxygens (including phenoxy) is 1. The molecule has 4 rings (SSSR count). The van der Waals surface area contributed by atoms with Crippen LogP contribution in [0.25, 0.3) is 11.1 Å². The number of carbonyl (C=O) groups is 2. The maximum absolute atomic E-state index is 12.2. The summed E-state index contributed by atoms with van der Waals surface area (Å²) in [6.07, 6.45) is 0.259. The van der Waals surface area contributed by atoms with Crippen molar-refractivity contribution >= 4 is 29.5 Å². The molecular weight excluding hydrogens is 382 g/mol. The molecule has 0 saturated carbocycles. The summed E-state index contributed by atoms with van der Waals surface area (Å²) in [5.41, 5.74) is 3.95. The highest BCUT2D eigenvalue weighted by molar-refractivity contribution is 6.29. The van der Waals surface area contributed by atoms with Gasteiger partial charge in [0.05, 0.1) is 6.20 Å². The summed E-state index contributed by atoms with van der Waals surface area (Å²) in [7, 11) is 0. The molecule has 140 valence electrons. The molecule has 0 spiro atoms. The van der Waals surface area contributed by atoms with E-state index in [0.29, 0.717) is 0 Å². The largest absolute Gasteiger partial charge is 0.476 e. The van der Waals surface area contributed by atoms with Crippen molar-refractivity contribution in [2.45, 2.75) is 5.92 Å². The molecule has 2 N–H and O–H groups in total. The number of hydrogen-bond donors (Lipinski definition) is 2. The Bertz CT molecular complexity index is 1040. The van der Waals surface area contributed by atoms with Crippen LogP contribution in [-0.4, -0.2) is 33.7 Å².